The number of benzene rings is 1. The Kier molecular flexibility index (Phi) is 7.66. The molecule has 1 aromatic heterocycles. The first-order valence-electron chi connectivity index (χ1n) is 11.0. The molecule has 9 nitrogen and oxygen atoms in total. The number of carbonyl (C=O) groups is 1. The second-order valence-electron chi connectivity index (χ2n) is 8.33. The standard InChI is InChI=1S/C22H27ClN4O5S2/c1-26(17-6-3-2-4-7-17)13-5-12-24-21(28)31-19-16-22(32-25-19)10-14-27(15-11-22)34(29,30)20-9-8-18(23)33-20/h2-4,6-9H,5,10-16H2,1H3,(H,24,28). The lowest BCUT2D eigenvalue weighted by Gasteiger charge is -2.35. The van der Waals surface area contributed by atoms with Crippen LogP contribution in [-0.2, 0) is 19.6 Å². The zero-order valence-electron chi connectivity index (χ0n) is 18.8. The molecular weight excluding hydrogens is 500 g/mol. The molecule has 1 amide bonds. The minimum atomic E-state index is -3.58. The molecular formula is C22H27ClN4O5S2. The molecule has 1 aromatic carbocycles. The van der Waals surface area contributed by atoms with E-state index >= 15 is 0 Å². The number of piperidine rings is 1. The van der Waals surface area contributed by atoms with E-state index in [1.165, 1.54) is 10.4 Å². The van der Waals surface area contributed by atoms with Crippen LogP contribution < -0.4 is 10.2 Å². The van der Waals surface area contributed by atoms with Crippen molar-refractivity contribution in [2.45, 2.75) is 35.5 Å². The average molecular weight is 527 g/mol. The van der Waals surface area contributed by atoms with Crippen molar-refractivity contribution in [2.24, 2.45) is 5.16 Å². The van der Waals surface area contributed by atoms with Gasteiger partial charge in [0.25, 0.3) is 10.0 Å². The fourth-order valence-electron chi connectivity index (χ4n) is 3.97. The summed E-state index contributed by atoms with van der Waals surface area (Å²) in [5.74, 6) is 0.209. The Morgan fingerprint density at radius 2 is 2.00 bits per heavy atom. The molecule has 0 bridgehead atoms. The Labute approximate surface area is 208 Å². The van der Waals surface area contributed by atoms with Gasteiger partial charge in [0.05, 0.1) is 10.8 Å². The van der Waals surface area contributed by atoms with Crippen molar-refractivity contribution in [3.63, 3.8) is 0 Å². The first-order valence-corrected chi connectivity index (χ1v) is 13.6. The van der Waals surface area contributed by atoms with Crippen molar-refractivity contribution in [3.8, 4) is 0 Å². The summed E-state index contributed by atoms with van der Waals surface area (Å²) < 4.78 is 33.0. The van der Waals surface area contributed by atoms with Crippen LogP contribution in [0.15, 0.2) is 51.8 Å². The minimum absolute atomic E-state index is 0.209. The highest BCUT2D eigenvalue weighted by atomic mass is 35.5. The molecule has 3 heterocycles. The molecule has 0 aliphatic carbocycles. The van der Waals surface area contributed by atoms with E-state index in [9.17, 15) is 13.2 Å². The first-order chi connectivity index (χ1) is 16.3. The quantitative estimate of drug-likeness (QED) is 0.549. The van der Waals surface area contributed by atoms with Gasteiger partial charge in [0.2, 0.25) is 5.90 Å². The number of hydrogen-bond donors (Lipinski definition) is 1. The van der Waals surface area contributed by atoms with Gasteiger partial charge in [-0.3, -0.25) is 0 Å². The Morgan fingerprint density at radius 3 is 2.68 bits per heavy atom. The maximum Gasteiger partial charge on any atom is 0.413 e. The monoisotopic (exact) mass is 526 g/mol. The lowest BCUT2D eigenvalue weighted by atomic mass is 9.89. The van der Waals surface area contributed by atoms with Crippen LogP contribution in [0, 0.1) is 0 Å². The van der Waals surface area contributed by atoms with Crippen molar-refractivity contribution >= 4 is 50.6 Å². The molecule has 1 N–H and O–H groups in total. The van der Waals surface area contributed by atoms with Crippen LogP contribution in [0.25, 0.3) is 0 Å². The summed E-state index contributed by atoms with van der Waals surface area (Å²) in [6.45, 7) is 1.84. The molecule has 0 atom stereocenters. The third-order valence-electron chi connectivity index (χ3n) is 5.94. The van der Waals surface area contributed by atoms with Gasteiger partial charge in [0.15, 0.2) is 0 Å². The van der Waals surface area contributed by atoms with Gasteiger partial charge >= 0.3 is 6.09 Å². The molecule has 1 spiro atoms. The molecule has 1 saturated heterocycles. The number of hydrogen-bond acceptors (Lipinski definition) is 8. The summed E-state index contributed by atoms with van der Waals surface area (Å²) in [7, 11) is -1.58. The van der Waals surface area contributed by atoms with Gasteiger partial charge in [0.1, 0.15) is 9.81 Å². The van der Waals surface area contributed by atoms with Gasteiger partial charge in [-0.15, -0.1) is 11.3 Å². The zero-order valence-corrected chi connectivity index (χ0v) is 21.2. The van der Waals surface area contributed by atoms with E-state index in [1.54, 1.807) is 6.07 Å². The third kappa shape index (κ3) is 5.83. The molecule has 12 heteroatoms. The Bertz CT molecular complexity index is 1130. The number of amides is 1. The van der Waals surface area contributed by atoms with E-state index in [0.717, 1.165) is 30.0 Å². The normalized spacial score (nSPS) is 17.8. The molecule has 34 heavy (non-hydrogen) atoms. The van der Waals surface area contributed by atoms with Crippen molar-refractivity contribution in [2.75, 3.05) is 38.1 Å². The molecule has 0 radical (unpaired) electrons. The van der Waals surface area contributed by atoms with Gasteiger partial charge in [0, 0.05) is 51.8 Å². The van der Waals surface area contributed by atoms with Crippen LogP contribution in [-0.4, -0.2) is 63.5 Å². The molecule has 4 rings (SSSR count). The van der Waals surface area contributed by atoms with Crippen LogP contribution in [0.3, 0.4) is 0 Å². The lowest BCUT2D eigenvalue weighted by Crippen LogP contribution is -2.46. The SMILES string of the molecule is CN(CCCNC(=O)OC1=NOC2(CCN(S(=O)(=O)c3ccc(Cl)s3)CC2)C1)c1ccccc1. The van der Waals surface area contributed by atoms with E-state index in [1.807, 2.05) is 37.4 Å². The summed E-state index contributed by atoms with van der Waals surface area (Å²) in [5.41, 5.74) is 0.471. The van der Waals surface area contributed by atoms with Crippen molar-refractivity contribution in [3.05, 3.63) is 46.8 Å². The van der Waals surface area contributed by atoms with Crippen LogP contribution in [0.2, 0.25) is 4.34 Å². The van der Waals surface area contributed by atoms with E-state index in [-0.39, 0.29) is 10.1 Å². The van der Waals surface area contributed by atoms with E-state index in [4.69, 9.17) is 21.2 Å². The fraction of sp³-hybridized carbons (Fsp3) is 0.455. The first kappa shape index (κ1) is 24.8. The topological polar surface area (TPSA) is 101 Å². The van der Waals surface area contributed by atoms with E-state index in [2.05, 4.69) is 15.4 Å². The van der Waals surface area contributed by atoms with Gasteiger partial charge < -0.3 is 19.8 Å². The predicted molar refractivity (Wildman–Crippen MR) is 132 cm³/mol. The number of alkyl carbamates (subject to hydrolysis) is 1. The minimum Gasteiger partial charge on any atom is -0.392 e. The average Bonchev–Trinajstić information content (AvgIpc) is 3.44. The number of nitrogens with zero attached hydrogens (tertiary/aromatic N) is 3. The maximum atomic E-state index is 12.8. The van der Waals surface area contributed by atoms with Crippen LogP contribution in [0.5, 0.6) is 0 Å². The van der Waals surface area contributed by atoms with Gasteiger partial charge in [-0.05, 0) is 30.7 Å². The summed E-state index contributed by atoms with van der Waals surface area (Å²) in [4.78, 5) is 19.9. The highest BCUT2D eigenvalue weighted by Crippen LogP contribution is 2.37. The Hall–Kier alpha value is -2.34. The second-order valence-corrected chi connectivity index (χ2v) is 12.2. The van der Waals surface area contributed by atoms with Crippen LogP contribution in [0.4, 0.5) is 10.5 Å². The van der Waals surface area contributed by atoms with E-state index < -0.39 is 21.7 Å². The zero-order chi connectivity index (χ0) is 24.2. The molecule has 184 valence electrons. The maximum absolute atomic E-state index is 12.8. The highest BCUT2D eigenvalue weighted by Gasteiger charge is 2.45. The fourth-order valence-corrected chi connectivity index (χ4v) is 7.05. The van der Waals surface area contributed by atoms with Crippen LogP contribution in [0.1, 0.15) is 25.7 Å². The number of para-hydroxylation sites is 1. The van der Waals surface area contributed by atoms with E-state index in [0.29, 0.717) is 43.2 Å². The van der Waals surface area contributed by atoms with Crippen molar-refractivity contribution < 1.29 is 22.8 Å². The van der Waals surface area contributed by atoms with Gasteiger partial charge in [-0.2, -0.15) is 4.31 Å². The Balaban J connectivity index is 1.18. The summed E-state index contributed by atoms with van der Waals surface area (Å²) >= 11 is 6.93. The molecule has 0 unspecified atom stereocenters. The summed E-state index contributed by atoms with van der Waals surface area (Å²) in [5, 5.41) is 6.67. The number of anilines is 1. The summed E-state index contributed by atoms with van der Waals surface area (Å²) in [6, 6.07) is 13.1. The molecule has 2 aliphatic heterocycles. The van der Waals surface area contributed by atoms with Crippen molar-refractivity contribution in [1.29, 1.82) is 0 Å². The number of carbonyl (C=O) groups excluding carboxylic acids is 1. The summed E-state index contributed by atoms with van der Waals surface area (Å²) in [6.07, 6.45) is 1.42. The largest absolute Gasteiger partial charge is 0.413 e. The molecule has 2 aromatic rings. The highest BCUT2D eigenvalue weighted by molar-refractivity contribution is 7.91. The lowest BCUT2D eigenvalue weighted by molar-refractivity contribution is -0.0506. The number of halogens is 1. The number of thiophene rings is 1. The second kappa shape index (κ2) is 10.5. The number of ether oxygens (including phenoxy) is 1. The smallest absolute Gasteiger partial charge is 0.392 e. The predicted octanol–water partition coefficient (Wildman–Crippen LogP) is 3.91. The Morgan fingerprint density at radius 1 is 1.26 bits per heavy atom. The molecule has 0 saturated carbocycles. The number of sulfonamides is 1. The van der Waals surface area contributed by atoms with Crippen molar-refractivity contribution in [1.82, 2.24) is 9.62 Å². The van der Waals surface area contributed by atoms with Crippen LogP contribution >= 0.6 is 22.9 Å². The number of oxime groups is 1. The third-order valence-corrected chi connectivity index (χ3v) is 9.54. The van der Waals surface area contributed by atoms with Gasteiger partial charge in [-0.1, -0.05) is 35.0 Å². The molecule has 1 fully saturated rings. The van der Waals surface area contributed by atoms with Gasteiger partial charge in [-0.25, -0.2) is 13.2 Å². The molecule has 2 aliphatic rings. The number of nitrogens with one attached hydrogen (secondary N) is 1. The number of rotatable bonds is 7.